The molecule has 4 heteroatoms. The van der Waals surface area contributed by atoms with E-state index in [-0.39, 0.29) is 11.8 Å². The summed E-state index contributed by atoms with van der Waals surface area (Å²) in [7, 11) is 1.69. The van der Waals surface area contributed by atoms with Gasteiger partial charge in [0.15, 0.2) is 5.72 Å². The maximum Gasteiger partial charge on any atom is 0.180 e. The molecule has 0 aromatic heterocycles. The Bertz CT molecular complexity index is 822. The van der Waals surface area contributed by atoms with Crippen LogP contribution >= 0.6 is 0 Å². The molecular formula is C21H22N2O2. The first-order valence-electron chi connectivity index (χ1n) is 8.99. The molecule has 3 aliphatic rings. The molecule has 0 radical (unpaired) electrons. The van der Waals surface area contributed by atoms with Crippen LogP contribution in [-0.4, -0.2) is 17.8 Å². The van der Waals surface area contributed by atoms with Gasteiger partial charge in [0.2, 0.25) is 0 Å². The van der Waals surface area contributed by atoms with E-state index in [1.807, 2.05) is 12.1 Å². The largest absolute Gasteiger partial charge is 0.497 e. The SMILES string of the molecule is COc1ccc(C2=C[C@@H]3c4ccccc4OC4(CCCC4)N3N2)cc1. The van der Waals surface area contributed by atoms with Crippen LogP contribution in [0, 0.1) is 0 Å². The zero-order valence-corrected chi connectivity index (χ0v) is 14.4. The van der Waals surface area contributed by atoms with Crippen LogP contribution in [0.1, 0.15) is 42.9 Å². The summed E-state index contributed by atoms with van der Waals surface area (Å²) in [6.45, 7) is 0. The molecule has 1 fully saturated rings. The summed E-state index contributed by atoms with van der Waals surface area (Å²) < 4.78 is 11.8. The van der Waals surface area contributed by atoms with Crippen LogP contribution in [0.25, 0.3) is 5.70 Å². The van der Waals surface area contributed by atoms with Crippen molar-refractivity contribution in [2.75, 3.05) is 7.11 Å². The van der Waals surface area contributed by atoms with E-state index in [2.05, 4.69) is 52.9 Å². The van der Waals surface area contributed by atoms with E-state index in [0.717, 1.165) is 30.0 Å². The number of fused-ring (bicyclic) bond motifs is 4. The van der Waals surface area contributed by atoms with Gasteiger partial charge in [-0.2, -0.15) is 5.01 Å². The molecule has 1 aliphatic carbocycles. The average molecular weight is 334 g/mol. The predicted octanol–water partition coefficient (Wildman–Crippen LogP) is 4.26. The van der Waals surface area contributed by atoms with Crippen molar-refractivity contribution >= 4 is 5.70 Å². The van der Waals surface area contributed by atoms with Crippen molar-refractivity contribution in [2.45, 2.75) is 37.5 Å². The van der Waals surface area contributed by atoms with E-state index in [1.165, 1.54) is 24.0 Å². The highest BCUT2D eigenvalue weighted by Gasteiger charge is 2.51. The molecule has 128 valence electrons. The summed E-state index contributed by atoms with van der Waals surface area (Å²) in [5.74, 6) is 1.90. The molecule has 0 bridgehead atoms. The van der Waals surface area contributed by atoms with Crippen molar-refractivity contribution in [3.05, 3.63) is 65.7 Å². The standard InChI is InChI=1S/C21H22N2O2/c1-24-16-10-8-15(9-11-16)18-14-19-17-6-2-3-7-20(17)25-21(23(19)22-18)12-4-5-13-21/h2-3,6-11,14,19,22H,4-5,12-13H2,1H3/t19-/m1/s1. The van der Waals surface area contributed by atoms with Gasteiger partial charge in [-0.05, 0) is 54.8 Å². The summed E-state index contributed by atoms with van der Waals surface area (Å²) in [5, 5.41) is 2.34. The molecule has 1 N–H and O–H groups in total. The molecule has 4 nitrogen and oxygen atoms in total. The fraction of sp³-hybridized carbons (Fsp3) is 0.333. The van der Waals surface area contributed by atoms with Crippen molar-refractivity contribution in [3.63, 3.8) is 0 Å². The lowest BCUT2D eigenvalue weighted by molar-refractivity contribution is -0.125. The third-order valence-corrected chi connectivity index (χ3v) is 5.61. The molecule has 0 saturated heterocycles. The maximum atomic E-state index is 6.53. The number of benzene rings is 2. The second kappa shape index (κ2) is 5.53. The van der Waals surface area contributed by atoms with Crippen molar-refractivity contribution in [2.24, 2.45) is 0 Å². The summed E-state index contributed by atoms with van der Waals surface area (Å²) in [4.78, 5) is 0. The average Bonchev–Trinajstić information content (AvgIpc) is 3.30. The highest BCUT2D eigenvalue weighted by atomic mass is 16.5. The monoisotopic (exact) mass is 334 g/mol. The molecule has 25 heavy (non-hydrogen) atoms. The van der Waals surface area contributed by atoms with Crippen molar-refractivity contribution in [3.8, 4) is 11.5 Å². The Morgan fingerprint density at radius 2 is 1.84 bits per heavy atom. The highest BCUT2D eigenvalue weighted by Crippen LogP contribution is 2.50. The van der Waals surface area contributed by atoms with E-state index >= 15 is 0 Å². The van der Waals surface area contributed by atoms with Crippen LogP contribution in [0.4, 0.5) is 0 Å². The first-order valence-corrected chi connectivity index (χ1v) is 8.99. The molecule has 0 unspecified atom stereocenters. The van der Waals surface area contributed by atoms with E-state index < -0.39 is 0 Å². The molecular weight excluding hydrogens is 312 g/mol. The first kappa shape index (κ1) is 14.8. The van der Waals surface area contributed by atoms with Gasteiger partial charge in [0, 0.05) is 18.4 Å². The molecule has 0 amide bonds. The number of hydrazine groups is 1. The van der Waals surface area contributed by atoms with E-state index in [4.69, 9.17) is 9.47 Å². The number of nitrogens with zero attached hydrogens (tertiary/aromatic N) is 1. The normalized spacial score (nSPS) is 23.4. The molecule has 2 aliphatic heterocycles. The van der Waals surface area contributed by atoms with Gasteiger partial charge in [-0.1, -0.05) is 18.2 Å². The minimum Gasteiger partial charge on any atom is -0.497 e. The smallest absolute Gasteiger partial charge is 0.180 e. The third kappa shape index (κ3) is 2.24. The molecule has 1 saturated carbocycles. The van der Waals surface area contributed by atoms with Gasteiger partial charge in [0.1, 0.15) is 11.5 Å². The van der Waals surface area contributed by atoms with Crippen LogP contribution < -0.4 is 14.9 Å². The number of para-hydroxylation sites is 1. The Morgan fingerprint density at radius 3 is 2.60 bits per heavy atom. The Balaban J connectivity index is 1.56. The summed E-state index contributed by atoms with van der Waals surface area (Å²) in [6.07, 6.45) is 6.88. The zero-order chi connectivity index (χ0) is 16.9. The van der Waals surface area contributed by atoms with E-state index in [9.17, 15) is 0 Å². The van der Waals surface area contributed by atoms with Gasteiger partial charge in [-0.25, -0.2) is 0 Å². The van der Waals surface area contributed by atoms with Gasteiger partial charge in [-0.15, -0.1) is 0 Å². The van der Waals surface area contributed by atoms with Crippen LogP contribution in [-0.2, 0) is 0 Å². The zero-order valence-electron chi connectivity index (χ0n) is 14.4. The summed E-state index contributed by atoms with van der Waals surface area (Å²) >= 11 is 0. The van der Waals surface area contributed by atoms with Crippen LogP contribution in [0.15, 0.2) is 54.6 Å². The Hall–Kier alpha value is -2.46. The molecule has 2 aromatic rings. The number of ether oxygens (including phenoxy) is 2. The molecule has 1 atom stereocenters. The highest BCUT2D eigenvalue weighted by molar-refractivity contribution is 5.68. The quantitative estimate of drug-likeness (QED) is 0.890. The summed E-state index contributed by atoms with van der Waals surface area (Å²) in [5.41, 5.74) is 6.95. The fourth-order valence-electron chi connectivity index (χ4n) is 4.33. The summed E-state index contributed by atoms with van der Waals surface area (Å²) in [6, 6.07) is 16.8. The van der Waals surface area contributed by atoms with E-state index in [1.54, 1.807) is 7.11 Å². The van der Waals surface area contributed by atoms with Crippen LogP contribution in [0.2, 0.25) is 0 Å². The lowest BCUT2D eigenvalue weighted by Gasteiger charge is -2.46. The molecule has 2 heterocycles. The van der Waals surface area contributed by atoms with Crippen LogP contribution in [0.3, 0.4) is 0 Å². The fourth-order valence-corrected chi connectivity index (χ4v) is 4.33. The lowest BCUT2D eigenvalue weighted by Crippen LogP contribution is -2.58. The van der Waals surface area contributed by atoms with Gasteiger partial charge in [0.25, 0.3) is 0 Å². The van der Waals surface area contributed by atoms with Crippen molar-refractivity contribution in [1.29, 1.82) is 0 Å². The number of methoxy groups -OCH3 is 1. The molecule has 5 rings (SSSR count). The number of hydrogen-bond acceptors (Lipinski definition) is 4. The number of hydrogen-bond donors (Lipinski definition) is 1. The lowest BCUT2D eigenvalue weighted by atomic mass is 9.98. The third-order valence-electron chi connectivity index (χ3n) is 5.61. The molecule has 2 aromatic carbocycles. The van der Waals surface area contributed by atoms with Gasteiger partial charge < -0.3 is 14.9 Å². The second-order valence-electron chi connectivity index (χ2n) is 7.03. The second-order valence-corrected chi connectivity index (χ2v) is 7.03. The number of rotatable bonds is 2. The van der Waals surface area contributed by atoms with Gasteiger partial charge >= 0.3 is 0 Å². The Morgan fingerprint density at radius 1 is 1.08 bits per heavy atom. The van der Waals surface area contributed by atoms with Crippen LogP contribution in [0.5, 0.6) is 11.5 Å². The van der Waals surface area contributed by atoms with Crippen molar-refractivity contribution < 1.29 is 9.47 Å². The molecule has 1 spiro atoms. The predicted molar refractivity (Wildman–Crippen MR) is 97.0 cm³/mol. The Labute approximate surface area is 148 Å². The van der Waals surface area contributed by atoms with Gasteiger partial charge in [0.05, 0.1) is 18.8 Å². The Kier molecular flexibility index (Phi) is 3.28. The van der Waals surface area contributed by atoms with Gasteiger partial charge in [-0.3, -0.25) is 0 Å². The topological polar surface area (TPSA) is 33.7 Å². The number of nitrogens with one attached hydrogen (secondary N) is 1. The maximum absolute atomic E-state index is 6.53. The minimum atomic E-state index is -0.232. The first-order chi connectivity index (χ1) is 12.3. The van der Waals surface area contributed by atoms with E-state index in [0.29, 0.717) is 0 Å². The van der Waals surface area contributed by atoms with Crippen molar-refractivity contribution in [1.82, 2.24) is 10.4 Å². The minimum absolute atomic E-state index is 0.208.